The molecule has 27 heavy (non-hydrogen) atoms. The highest BCUT2D eigenvalue weighted by molar-refractivity contribution is 6.33. The predicted octanol–water partition coefficient (Wildman–Crippen LogP) is 5.04. The van der Waals surface area contributed by atoms with Gasteiger partial charge in [0.25, 0.3) is 11.6 Å². The zero-order valence-corrected chi connectivity index (χ0v) is 15.3. The Labute approximate surface area is 160 Å². The zero-order chi connectivity index (χ0) is 19.4. The van der Waals surface area contributed by atoms with E-state index in [-0.39, 0.29) is 28.3 Å². The Bertz CT molecular complexity index is 969. The standard InChI is InChI=1S/C20H17ClN2O4/c1-13(14-5-3-2-4-6-14)12-22-20(24)19-10-9-18(27-19)16-8-7-15(23(25)26)11-17(16)21/h2-11,13H,12H2,1H3,(H,22,24)/t13-/m1/s1. The first-order valence-corrected chi connectivity index (χ1v) is 8.71. The first-order valence-electron chi connectivity index (χ1n) is 8.33. The fourth-order valence-corrected chi connectivity index (χ4v) is 2.92. The highest BCUT2D eigenvalue weighted by atomic mass is 35.5. The van der Waals surface area contributed by atoms with Crippen LogP contribution >= 0.6 is 11.6 Å². The molecule has 1 aromatic heterocycles. The molecule has 138 valence electrons. The molecule has 3 rings (SSSR count). The minimum Gasteiger partial charge on any atom is -0.451 e. The van der Waals surface area contributed by atoms with Gasteiger partial charge in [-0.2, -0.15) is 0 Å². The van der Waals surface area contributed by atoms with Gasteiger partial charge in [0.05, 0.1) is 9.95 Å². The molecule has 1 N–H and O–H groups in total. The third-order valence-corrected chi connectivity index (χ3v) is 4.51. The molecule has 0 saturated carbocycles. The number of nitro groups is 1. The number of hydrogen-bond acceptors (Lipinski definition) is 4. The van der Waals surface area contributed by atoms with Crippen molar-refractivity contribution in [2.45, 2.75) is 12.8 Å². The average molecular weight is 385 g/mol. The van der Waals surface area contributed by atoms with E-state index in [2.05, 4.69) is 5.32 Å². The number of nitro benzene ring substituents is 1. The van der Waals surface area contributed by atoms with Crippen LogP contribution in [0.3, 0.4) is 0 Å². The number of non-ortho nitro benzene ring substituents is 1. The Balaban J connectivity index is 1.68. The maximum Gasteiger partial charge on any atom is 0.287 e. The number of halogens is 1. The quantitative estimate of drug-likeness (QED) is 0.476. The minimum atomic E-state index is -0.523. The van der Waals surface area contributed by atoms with E-state index in [0.717, 1.165) is 5.56 Å². The summed E-state index contributed by atoms with van der Waals surface area (Å²) >= 11 is 6.10. The molecule has 6 nitrogen and oxygen atoms in total. The van der Waals surface area contributed by atoms with E-state index in [1.807, 2.05) is 37.3 Å². The molecule has 0 aliphatic heterocycles. The Morgan fingerprint density at radius 3 is 2.59 bits per heavy atom. The van der Waals surface area contributed by atoms with Gasteiger partial charge in [-0.25, -0.2) is 0 Å². The molecule has 0 aliphatic rings. The molecule has 0 fully saturated rings. The van der Waals surface area contributed by atoms with Crippen molar-refractivity contribution in [1.82, 2.24) is 5.32 Å². The summed E-state index contributed by atoms with van der Waals surface area (Å²) in [4.78, 5) is 22.6. The van der Waals surface area contributed by atoms with E-state index in [4.69, 9.17) is 16.0 Å². The molecule has 7 heteroatoms. The van der Waals surface area contributed by atoms with Crippen LogP contribution in [0.2, 0.25) is 5.02 Å². The van der Waals surface area contributed by atoms with Gasteiger partial charge in [-0.1, -0.05) is 48.9 Å². The van der Waals surface area contributed by atoms with Crippen LogP contribution in [0.5, 0.6) is 0 Å². The SMILES string of the molecule is C[C@H](CNC(=O)c1ccc(-c2ccc([N+](=O)[O-])cc2Cl)o1)c1ccccc1. The molecule has 0 bridgehead atoms. The van der Waals surface area contributed by atoms with Gasteiger partial charge in [0.15, 0.2) is 5.76 Å². The van der Waals surface area contributed by atoms with E-state index >= 15 is 0 Å². The number of benzene rings is 2. The lowest BCUT2D eigenvalue weighted by molar-refractivity contribution is -0.384. The molecule has 0 aliphatic carbocycles. The zero-order valence-electron chi connectivity index (χ0n) is 14.5. The third kappa shape index (κ3) is 4.35. The van der Waals surface area contributed by atoms with Crippen LogP contribution in [0.25, 0.3) is 11.3 Å². The monoisotopic (exact) mass is 384 g/mol. The van der Waals surface area contributed by atoms with Gasteiger partial charge in [-0.3, -0.25) is 14.9 Å². The molecule has 0 spiro atoms. The van der Waals surface area contributed by atoms with Crippen LogP contribution in [-0.4, -0.2) is 17.4 Å². The van der Waals surface area contributed by atoms with Crippen molar-refractivity contribution < 1.29 is 14.1 Å². The maximum atomic E-state index is 12.3. The maximum absolute atomic E-state index is 12.3. The largest absolute Gasteiger partial charge is 0.451 e. The second-order valence-corrected chi connectivity index (χ2v) is 6.51. The summed E-state index contributed by atoms with van der Waals surface area (Å²) in [5.41, 5.74) is 1.51. The first kappa shape index (κ1) is 18.7. The number of rotatable bonds is 6. The van der Waals surface area contributed by atoms with Gasteiger partial charge in [0, 0.05) is 24.2 Å². The summed E-state index contributed by atoms with van der Waals surface area (Å²) in [7, 11) is 0. The summed E-state index contributed by atoms with van der Waals surface area (Å²) < 4.78 is 5.58. The van der Waals surface area contributed by atoms with Crippen LogP contribution in [0.15, 0.2) is 65.1 Å². The summed E-state index contributed by atoms with van der Waals surface area (Å²) in [6.07, 6.45) is 0. The molecular weight excluding hydrogens is 368 g/mol. The van der Waals surface area contributed by atoms with E-state index < -0.39 is 4.92 Å². The fourth-order valence-electron chi connectivity index (χ4n) is 2.65. The average Bonchev–Trinajstić information content (AvgIpc) is 3.16. The molecule has 0 unspecified atom stereocenters. The van der Waals surface area contributed by atoms with Crippen molar-refractivity contribution in [3.8, 4) is 11.3 Å². The van der Waals surface area contributed by atoms with Crippen molar-refractivity contribution in [3.05, 3.63) is 87.1 Å². The highest BCUT2D eigenvalue weighted by Gasteiger charge is 2.17. The third-order valence-electron chi connectivity index (χ3n) is 4.20. The van der Waals surface area contributed by atoms with Gasteiger partial charge in [-0.15, -0.1) is 0 Å². The lowest BCUT2D eigenvalue weighted by atomic mass is 10.0. The van der Waals surface area contributed by atoms with E-state index in [1.54, 1.807) is 12.1 Å². The molecule has 0 radical (unpaired) electrons. The number of carbonyl (C=O) groups excluding carboxylic acids is 1. The van der Waals surface area contributed by atoms with Crippen LogP contribution in [-0.2, 0) is 0 Å². The van der Waals surface area contributed by atoms with Crippen LogP contribution < -0.4 is 5.32 Å². The van der Waals surface area contributed by atoms with Crippen molar-refractivity contribution in [3.63, 3.8) is 0 Å². The van der Waals surface area contributed by atoms with Crippen LogP contribution in [0.1, 0.15) is 29.0 Å². The summed E-state index contributed by atoms with van der Waals surface area (Å²) in [5.74, 6) is 0.353. The molecule has 1 atom stereocenters. The number of nitrogens with one attached hydrogen (secondary N) is 1. The summed E-state index contributed by atoms with van der Waals surface area (Å²) in [6, 6.07) is 17.1. The molecule has 1 amide bonds. The second-order valence-electron chi connectivity index (χ2n) is 6.11. The molecule has 2 aromatic carbocycles. The first-order chi connectivity index (χ1) is 13.0. The van der Waals surface area contributed by atoms with Gasteiger partial charge in [0.1, 0.15) is 5.76 Å². The normalized spacial score (nSPS) is 11.8. The van der Waals surface area contributed by atoms with Crippen molar-refractivity contribution in [2.24, 2.45) is 0 Å². The summed E-state index contributed by atoms with van der Waals surface area (Å²) in [5, 5.41) is 13.8. The van der Waals surface area contributed by atoms with Crippen molar-refractivity contribution in [1.29, 1.82) is 0 Å². The molecule has 0 saturated heterocycles. The number of nitrogens with zero attached hydrogens (tertiary/aromatic N) is 1. The number of hydrogen-bond donors (Lipinski definition) is 1. The number of furan rings is 1. The number of amides is 1. The smallest absolute Gasteiger partial charge is 0.287 e. The lowest BCUT2D eigenvalue weighted by Crippen LogP contribution is -2.27. The summed E-state index contributed by atoms with van der Waals surface area (Å²) in [6.45, 7) is 2.50. The number of carbonyl (C=O) groups is 1. The topological polar surface area (TPSA) is 85.4 Å². The van der Waals surface area contributed by atoms with Crippen LogP contribution in [0, 0.1) is 10.1 Å². The molecular formula is C20H17ClN2O4. The van der Waals surface area contributed by atoms with E-state index in [1.165, 1.54) is 18.2 Å². The van der Waals surface area contributed by atoms with Gasteiger partial charge in [-0.05, 0) is 29.7 Å². The van der Waals surface area contributed by atoms with Gasteiger partial charge < -0.3 is 9.73 Å². The van der Waals surface area contributed by atoms with Gasteiger partial charge >= 0.3 is 0 Å². The van der Waals surface area contributed by atoms with Crippen molar-refractivity contribution in [2.75, 3.05) is 6.54 Å². The Hall–Kier alpha value is -3.12. The lowest BCUT2D eigenvalue weighted by Gasteiger charge is -2.12. The minimum absolute atomic E-state index is 0.108. The van der Waals surface area contributed by atoms with E-state index in [0.29, 0.717) is 17.9 Å². The fraction of sp³-hybridized carbons (Fsp3) is 0.150. The molecule has 1 heterocycles. The second kappa shape index (κ2) is 8.05. The molecule has 3 aromatic rings. The van der Waals surface area contributed by atoms with Crippen LogP contribution in [0.4, 0.5) is 5.69 Å². The highest BCUT2D eigenvalue weighted by Crippen LogP contribution is 2.32. The Kier molecular flexibility index (Phi) is 5.57. The van der Waals surface area contributed by atoms with Gasteiger partial charge in [0.2, 0.25) is 0 Å². The predicted molar refractivity (Wildman–Crippen MR) is 103 cm³/mol. The van der Waals surface area contributed by atoms with E-state index in [9.17, 15) is 14.9 Å². The Morgan fingerprint density at radius 1 is 1.19 bits per heavy atom. The Morgan fingerprint density at radius 2 is 1.93 bits per heavy atom. The van der Waals surface area contributed by atoms with Crippen molar-refractivity contribution >= 4 is 23.2 Å².